The molecular formula is C33H51NO13. The lowest BCUT2D eigenvalue weighted by atomic mass is 9.95. The summed E-state index contributed by atoms with van der Waals surface area (Å²) in [5.74, 6) is -1.31. The second-order valence-corrected chi connectivity index (χ2v) is 11.9. The Balaban J connectivity index is 1.75. The maximum Gasteiger partial charge on any atom is 0.305 e. The molecule has 266 valence electrons. The molecule has 1 amide bonds. The van der Waals surface area contributed by atoms with E-state index in [1.54, 1.807) is 0 Å². The monoisotopic (exact) mass is 669 g/mol. The van der Waals surface area contributed by atoms with Gasteiger partial charge in [-0.15, -0.1) is 0 Å². The zero-order valence-corrected chi connectivity index (χ0v) is 27.7. The highest BCUT2D eigenvalue weighted by molar-refractivity contribution is 5.73. The van der Waals surface area contributed by atoms with Crippen LogP contribution in [0.1, 0.15) is 71.3 Å². The SMILES string of the molecule is COC(=O)CCCCCCCCO[C@@H]1O[C@H](COCc2ccccc2)[C@@H](O[C@@H]2O[C@@H](C)[C@@H](O)[C@@H](O)[C@@H]2O)[C@H](OC(C)=O)[C@H]1NC(C)=O. The van der Waals surface area contributed by atoms with Crippen LogP contribution in [0, 0.1) is 0 Å². The smallest absolute Gasteiger partial charge is 0.305 e. The van der Waals surface area contributed by atoms with Crippen molar-refractivity contribution in [3.63, 3.8) is 0 Å². The average Bonchev–Trinajstić information content (AvgIpc) is 3.04. The van der Waals surface area contributed by atoms with Crippen LogP contribution >= 0.6 is 0 Å². The zero-order chi connectivity index (χ0) is 34.3. The van der Waals surface area contributed by atoms with Crippen molar-refractivity contribution in [2.45, 2.75) is 134 Å². The maximum atomic E-state index is 12.4. The Hall–Kier alpha value is -2.69. The molecule has 0 aliphatic carbocycles. The number of esters is 2. The van der Waals surface area contributed by atoms with Crippen LogP contribution in [0.2, 0.25) is 0 Å². The summed E-state index contributed by atoms with van der Waals surface area (Å²) >= 11 is 0. The predicted molar refractivity (Wildman–Crippen MR) is 165 cm³/mol. The summed E-state index contributed by atoms with van der Waals surface area (Å²) in [7, 11) is 1.38. The first-order valence-electron chi connectivity index (χ1n) is 16.3. The normalized spacial score (nSPS) is 30.8. The number of benzene rings is 1. The van der Waals surface area contributed by atoms with Gasteiger partial charge in [0, 0.05) is 26.9 Å². The van der Waals surface area contributed by atoms with Gasteiger partial charge in [0.25, 0.3) is 0 Å². The molecule has 2 heterocycles. The largest absolute Gasteiger partial charge is 0.469 e. The molecule has 2 fully saturated rings. The molecule has 10 atom stereocenters. The molecule has 0 unspecified atom stereocenters. The van der Waals surface area contributed by atoms with Crippen molar-refractivity contribution in [1.82, 2.24) is 5.32 Å². The van der Waals surface area contributed by atoms with E-state index in [2.05, 4.69) is 10.1 Å². The first-order valence-corrected chi connectivity index (χ1v) is 16.3. The van der Waals surface area contributed by atoms with E-state index in [0.29, 0.717) is 12.8 Å². The van der Waals surface area contributed by atoms with Crippen molar-refractivity contribution in [2.75, 3.05) is 20.3 Å². The fraction of sp³-hybridized carbons (Fsp3) is 0.727. The highest BCUT2D eigenvalue weighted by Gasteiger charge is 2.53. The molecule has 14 heteroatoms. The molecule has 47 heavy (non-hydrogen) atoms. The molecule has 0 radical (unpaired) electrons. The Morgan fingerprint density at radius 1 is 0.851 bits per heavy atom. The Kier molecular flexibility index (Phi) is 16.5. The van der Waals surface area contributed by atoms with Crippen LogP contribution in [0.4, 0.5) is 0 Å². The average molecular weight is 670 g/mol. The molecule has 14 nitrogen and oxygen atoms in total. The van der Waals surface area contributed by atoms with Crippen molar-refractivity contribution in [3.8, 4) is 0 Å². The van der Waals surface area contributed by atoms with Crippen LogP contribution < -0.4 is 5.32 Å². The van der Waals surface area contributed by atoms with Gasteiger partial charge in [-0.25, -0.2) is 0 Å². The van der Waals surface area contributed by atoms with Crippen LogP contribution in [-0.4, -0.2) is 115 Å². The topological polar surface area (TPSA) is 189 Å². The van der Waals surface area contributed by atoms with Crippen LogP contribution in [0.5, 0.6) is 0 Å². The molecule has 0 bridgehead atoms. The molecule has 0 aromatic heterocycles. The quantitative estimate of drug-likeness (QED) is 0.130. The fourth-order valence-corrected chi connectivity index (χ4v) is 5.59. The van der Waals surface area contributed by atoms with Gasteiger partial charge in [0.1, 0.15) is 36.6 Å². The Morgan fingerprint density at radius 2 is 1.53 bits per heavy atom. The summed E-state index contributed by atoms with van der Waals surface area (Å²) < 4.78 is 40.7. The van der Waals surface area contributed by atoms with E-state index >= 15 is 0 Å². The minimum absolute atomic E-state index is 0.0564. The third-order valence-corrected chi connectivity index (χ3v) is 8.10. The lowest BCUT2D eigenvalue weighted by molar-refractivity contribution is -0.346. The summed E-state index contributed by atoms with van der Waals surface area (Å²) in [5.41, 5.74) is 0.906. The standard InChI is InChI=1S/C33H51NO13/c1-20-27(38)28(39)29(40)33(44-20)47-30-24(19-42-18-23-14-10-9-11-15-23)46-32(26(34-21(2)35)31(30)45-22(3)36)43-17-13-8-6-5-7-12-16-25(37)41-4/h9-11,14-15,20,24,26-33,38-40H,5-8,12-13,16-19H2,1-4H3,(H,34,35)/t20-,24+,26+,27+,28+,29-,30+,31+,32+,33-/m0/s1. The lowest BCUT2D eigenvalue weighted by Crippen LogP contribution is -2.68. The van der Waals surface area contributed by atoms with E-state index in [4.69, 9.17) is 28.4 Å². The van der Waals surface area contributed by atoms with Crippen LogP contribution in [0.3, 0.4) is 0 Å². The fourth-order valence-electron chi connectivity index (χ4n) is 5.59. The van der Waals surface area contributed by atoms with E-state index in [1.165, 1.54) is 27.9 Å². The molecule has 2 saturated heterocycles. The van der Waals surface area contributed by atoms with Gasteiger partial charge in [-0.05, 0) is 25.3 Å². The Bertz CT molecular complexity index is 1090. The Labute approximate surface area is 275 Å². The molecule has 1 aromatic rings. The van der Waals surface area contributed by atoms with E-state index in [1.807, 2.05) is 30.3 Å². The molecular weight excluding hydrogens is 618 g/mol. The van der Waals surface area contributed by atoms with Gasteiger partial charge in [-0.3, -0.25) is 14.4 Å². The third-order valence-electron chi connectivity index (χ3n) is 8.10. The summed E-state index contributed by atoms with van der Waals surface area (Å²) in [6.07, 6.45) is -5.68. The van der Waals surface area contributed by atoms with E-state index < -0.39 is 73.2 Å². The highest BCUT2D eigenvalue weighted by Crippen LogP contribution is 2.32. The number of hydrogen-bond donors (Lipinski definition) is 4. The van der Waals surface area contributed by atoms with Crippen LogP contribution in [-0.2, 0) is 54.1 Å². The Morgan fingerprint density at radius 3 is 2.19 bits per heavy atom. The van der Waals surface area contributed by atoms with Crippen molar-refractivity contribution in [3.05, 3.63) is 35.9 Å². The summed E-state index contributed by atoms with van der Waals surface area (Å²) in [6.45, 7) is 4.50. The van der Waals surface area contributed by atoms with Gasteiger partial charge in [-0.2, -0.15) is 0 Å². The number of hydrogen-bond acceptors (Lipinski definition) is 13. The first kappa shape index (κ1) is 38.8. The van der Waals surface area contributed by atoms with Crippen LogP contribution in [0.15, 0.2) is 30.3 Å². The number of carbonyl (C=O) groups excluding carboxylic acids is 3. The second kappa shape index (κ2) is 20.0. The molecule has 2 aliphatic heterocycles. The molecule has 3 rings (SSSR count). The molecule has 4 N–H and O–H groups in total. The number of amides is 1. The van der Waals surface area contributed by atoms with Gasteiger partial charge < -0.3 is 53.8 Å². The number of carbonyl (C=O) groups is 3. The first-order chi connectivity index (χ1) is 22.5. The molecule has 0 spiro atoms. The number of rotatable bonds is 18. The van der Waals surface area contributed by atoms with Crippen molar-refractivity contribution in [1.29, 1.82) is 0 Å². The van der Waals surface area contributed by atoms with Gasteiger partial charge in [-0.1, -0.05) is 56.0 Å². The molecule has 2 aliphatic rings. The third kappa shape index (κ3) is 12.4. The second-order valence-electron chi connectivity index (χ2n) is 11.9. The summed E-state index contributed by atoms with van der Waals surface area (Å²) in [6, 6.07) is 8.43. The number of aliphatic hydroxyl groups excluding tert-OH is 3. The van der Waals surface area contributed by atoms with E-state index in [9.17, 15) is 29.7 Å². The number of ether oxygens (including phenoxy) is 7. The summed E-state index contributed by atoms with van der Waals surface area (Å²) in [4.78, 5) is 36.0. The highest BCUT2D eigenvalue weighted by atomic mass is 16.7. The van der Waals surface area contributed by atoms with Gasteiger partial charge in [0.15, 0.2) is 18.7 Å². The van der Waals surface area contributed by atoms with Crippen molar-refractivity contribution >= 4 is 17.8 Å². The van der Waals surface area contributed by atoms with Gasteiger partial charge in [0.05, 0.1) is 26.4 Å². The number of aliphatic hydroxyl groups is 3. The maximum absolute atomic E-state index is 12.4. The number of methoxy groups -OCH3 is 1. The number of nitrogens with one attached hydrogen (secondary N) is 1. The van der Waals surface area contributed by atoms with Gasteiger partial charge in [0.2, 0.25) is 5.91 Å². The van der Waals surface area contributed by atoms with Crippen LogP contribution in [0.25, 0.3) is 0 Å². The van der Waals surface area contributed by atoms with E-state index in [-0.39, 0.29) is 25.8 Å². The lowest BCUT2D eigenvalue weighted by Gasteiger charge is -2.48. The number of unbranched alkanes of at least 4 members (excludes halogenated alkanes) is 5. The zero-order valence-electron chi connectivity index (χ0n) is 27.7. The minimum atomic E-state index is -1.64. The van der Waals surface area contributed by atoms with Gasteiger partial charge >= 0.3 is 11.9 Å². The molecule has 0 saturated carbocycles. The van der Waals surface area contributed by atoms with E-state index in [0.717, 1.165) is 37.7 Å². The summed E-state index contributed by atoms with van der Waals surface area (Å²) in [5, 5.41) is 34.1. The van der Waals surface area contributed by atoms with Crippen molar-refractivity contribution < 1.29 is 62.9 Å². The minimum Gasteiger partial charge on any atom is -0.469 e. The molecule has 1 aromatic carbocycles. The predicted octanol–water partition coefficient (Wildman–Crippen LogP) is 1.50. The van der Waals surface area contributed by atoms with Crippen molar-refractivity contribution in [2.24, 2.45) is 0 Å².